The lowest BCUT2D eigenvalue weighted by Crippen LogP contribution is -2.21. The van der Waals surface area contributed by atoms with E-state index in [2.05, 4.69) is 8.75 Å². The fourth-order valence-corrected chi connectivity index (χ4v) is 3.46. The van der Waals surface area contributed by atoms with Crippen molar-refractivity contribution >= 4 is 40.3 Å². The first-order chi connectivity index (χ1) is 10.6. The number of hydrogen-bond acceptors (Lipinski definition) is 5. The molecule has 0 bridgehead atoms. The minimum Gasteiger partial charge on any atom is -0.426 e. The summed E-state index contributed by atoms with van der Waals surface area (Å²) < 4.78 is 27.2. The second-order valence-electron chi connectivity index (χ2n) is 5.01. The van der Waals surface area contributed by atoms with E-state index in [1.807, 2.05) is 0 Å². The number of rotatable bonds is 1. The Kier molecular flexibility index (Phi) is 3.09. The highest BCUT2D eigenvalue weighted by molar-refractivity contribution is 7.00. The summed E-state index contributed by atoms with van der Waals surface area (Å²) in [5.74, 6) is -0.623. The van der Waals surface area contributed by atoms with Crippen molar-refractivity contribution in [1.29, 1.82) is 0 Å². The molecule has 0 spiro atoms. The molecule has 22 heavy (non-hydrogen) atoms. The lowest BCUT2D eigenvalue weighted by molar-refractivity contribution is -0.135. The molecular weight excluding hydrogens is 327 g/mol. The topological polar surface area (TPSA) is 52.1 Å². The van der Waals surface area contributed by atoms with Gasteiger partial charge in [-0.15, -0.1) is 0 Å². The Morgan fingerprint density at radius 3 is 2.95 bits per heavy atom. The Morgan fingerprint density at radius 1 is 1.27 bits per heavy atom. The second-order valence-corrected chi connectivity index (χ2v) is 5.95. The van der Waals surface area contributed by atoms with Crippen LogP contribution in [0.2, 0.25) is 5.02 Å². The van der Waals surface area contributed by atoms with Gasteiger partial charge in [-0.3, -0.25) is 4.79 Å². The van der Waals surface area contributed by atoms with Gasteiger partial charge in [0, 0.05) is 11.5 Å². The van der Waals surface area contributed by atoms with Gasteiger partial charge in [-0.2, -0.15) is 8.75 Å². The Hall–Kier alpha value is -2.05. The molecule has 0 aliphatic carbocycles. The molecule has 1 unspecified atom stereocenters. The molecule has 0 saturated carbocycles. The van der Waals surface area contributed by atoms with Crippen molar-refractivity contribution in [2.45, 2.75) is 12.3 Å². The summed E-state index contributed by atoms with van der Waals surface area (Å²) in [6.07, 6.45) is 0.158. The van der Waals surface area contributed by atoms with Crippen LogP contribution in [0.3, 0.4) is 0 Å². The molecule has 0 fully saturated rings. The number of fused-ring (bicyclic) bond motifs is 3. The van der Waals surface area contributed by atoms with E-state index in [4.69, 9.17) is 16.3 Å². The molecule has 110 valence electrons. The highest BCUT2D eigenvalue weighted by Crippen LogP contribution is 2.42. The van der Waals surface area contributed by atoms with Gasteiger partial charge < -0.3 is 4.74 Å². The second kappa shape index (κ2) is 5.00. The monoisotopic (exact) mass is 334 g/mol. The molecule has 2 aromatic carbocycles. The average Bonchev–Trinajstić information content (AvgIpc) is 2.97. The minimum atomic E-state index is -0.488. The fourth-order valence-electron chi connectivity index (χ4n) is 2.73. The first kappa shape index (κ1) is 13.6. The first-order valence-corrected chi connectivity index (χ1v) is 7.65. The molecule has 1 aliphatic heterocycles. The number of esters is 1. The van der Waals surface area contributed by atoms with E-state index in [9.17, 15) is 9.18 Å². The van der Waals surface area contributed by atoms with Crippen LogP contribution < -0.4 is 4.74 Å². The van der Waals surface area contributed by atoms with Gasteiger partial charge in [0.05, 0.1) is 23.2 Å². The molecule has 1 aliphatic rings. The minimum absolute atomic E-state index is 0.0292. The van der Waals surface area contributed by atoms with Crippen molar-refractivity contribution in [3.8, 4) is 5.75 Å². The maximum absolute atomic E-state index is 13.4. The van der Waals surface area contributed by atoms with Crippen LogP contribution in [0.1, 0.15) is 23.5 Å². The van der Waals surface area contributed by atoms with Crippen molar-refractivity contribution in [2.24, 2.45) is 0 Å². The summed E-state index contributed by atoms with van der Waals surface area (Å²) in [7, 11) is 0. The molecule has 1 aromatic heterocycles. The summed E-state index contributed by atoms with van der Waals surface area (Å²) in [5.41, 5.74) is 3.01. The zero-order valence-corrected chi connectivity index (χ0v) is 12.6. The largest absolute Gasteiger partial charge is 0.426 e. The van der Waals surface area contributed by atoms with Crippen LogP contribution in [-0.2, 0) is 4.79 Å². The highest BCUT2D eigenvalue weighted by atomic mass is 35.5. The van der Waals surface area contributed by atoms with Crippen LogP contribution in [0, 0.1) is 5.82 Å². The average molecular weight is 335 g/mol. The highest BCUT2D eigenvalue weighted by Gasteiger charge is 2.31. The Bertz CT molecular complexity index is 912. The molecule has 2 heterocycles. The number of hydrogen-bond donors (Lipinski definition) is 0. The van der Waals surface area contributed by atoms with Gasteiger partial charge in [0.2, 0.25) is 0 Å². The third-order valence-corrected chi connectivity index (χ3v) is 4.55. The zero-order chi connectivity index (χ0) is 15.3. The number of ether oxygens (including phenoxy) is 1. The van der Waals surface area contributed by atoms with E-state index in [-0.39, 0.29) is 23.3 Å². The van der Waals surface area contributed by atoms with Crippen molar-refractivity contribution in [3.63, 3.8) is 0 Å². The van der Waals surface area contributed by atoms with Gasteiger partial charge in [-0.1, -0.05) is 17.7 Å². The van der Waals surface area contributed by atoms with Crippen LogP contribution in [-0.4, -0.2) is 14.7 Å². The number of carbonyl (C=O) groups is 1. The maximum atomic E-state index is 13.4. The van der Waals surface area contributed by atoms with Crippen molar-refractivity contribution in [3.05, 3.63) is 52.3 Å². The number of aromatic nitrogens is 2. The SMILES string of the molecule is O=C1CC(c2ccc(F)c(Cl)c2)c2c(ccc3nsnc23)O1. The summed E-state index contributed by atoms with van der Waals surface area (Å²) in [6, 6.07) is 7.96. The number of benzene rings is 2. The fraction of sp³-hybridized carbons (Fsp3) is 0.133. The number of halogens is 2. The molecule has 3 aromatic rings. The summed E-state index contributed by atoms with van der Waals surface area (Å²) >= 11 is 6.98. The van der Waals surface area contributed by atoms with Crippen LogP contribution in [0.25, 0.3) is 11.0 Å². The van der Waals surface area contributed by atoms with E-state index in [1.165, 1.54) is 6.07 Å². The number of carbonyl (C=O) groups excluding carboxylic acids is 1. The van der Waals surface area contributed by atoms with Gasteiger partial charge in [0.1, 0.15) is 22.6 Å². The Morgan fingerprint density at radius 2 is 2.14 bits per heavy atom. The third kappa shape index (κ3) is 2.07. The molecule has 4 rings (SSSR count). The molecule has 0 amide bonds. The van der Waals surface area contributed by atoms with Crippen LogP contribution >= 0.6 is 23.3 Å². The van der Waals surface area contributed by atoms with Crippen LogP contribution in [0.5, 0.6) is 5.75 Å². The van der Waals surface area contributed by atoms with Crippen LogP contribution in [0.15, 0.2) is 30.3 Å². The van der Waals surface area contributed by atoms with E-state index in [0.29, 0.717) is 11.3 Å². The quantitative estimate of drug-likeness (QED) is 0.500. The third-order valence-electron chi connectivity index (χ3n) is 3.72. The predicted molar refractivity (Wildman–Crippen MR) is 80.9 cm³/mol. The normalized spacial score (nSPS) is 17.4. The first-order valence-electron chi connectivity index (χ1n) is 6.54. The van der Waals surface area contributed by atoms with E-state index < -0.39 is 5.82 Å². The van der Waals surface area contributed by atoms with E-state index >= 15 is 0 Å². The van der Waals surface area contributed by atoms with Crippen molar-refractivity contribution in [1.82, 2.24) is 8.75 Å². The van der Waals surface area contributed by atoms with Gasteiger partial charge in [0.25, 0.3) is 0 Å². The van der Waals surface area contributed by atoms with Gasteiger partial charge in [-0.05, 0) is 29.8 Å². The van der Waals surface area contributed by atoms with E-state index in [0.717, 1.165) is 28.4 Å². The predicted octanol–water partition coefficient (Wildman–Crippen LogP) is 3.92. The number of nitrogens with zero attached hydrogens (tertiary/aromatic N) is 2. The van der Waals surface area contributed by atoms with Crippen molar-refractivity contribution in [2.75, 3.05) is 0 Å². The Balaban J connectivity index is 1.95. The smallest absolute Gasteiger partial charge is 0.312 e. The molecular formula is C15H8ClFN2O2S. The van der Waals surface area contributed by atoms with Crippen LogP contribution in [0.4, 0.5) is 4.39 Å². The standard InChI is InChI=1S/C15H8ClFN2O2S/c16-9-5-7(1-2-10(9)17)8-6-13(20)21-12-4-3-11-15(14(8)12)19-22-18-11/h1-5,8H,6H2. The molecule has 0 radical (unpaired) electrons. The van der Waals surface area contributed by atoms with Gasteiger partial charge >= 0.3 is 5.97 Å². The molecule has 0 saturated heterocycles. The lowest BCUT2D eigenvalue weighted by atomic mass is 9.85. The Labute approximate surface area is 133 Å². The van der Waals surface area contributed by atoms with E-state index in [1.54, 1.807) is 24.3 Å². The molecule has 7 heteroatoms. The molecule has 1 atom stereocenters. The lowest BCUT2D eigenvalue weighted by Gasteiger charge is -2.25. The summed E-state index contributed by atoms with van der Waals surface area (Å²) in [4.78, 5) is 11.9. The summed E-state index contributed by atoms with van der Waals surface area (Å²) in [5, 5.41) is 0.0292. The van der Waals surface area contributed by atoms with Gasteiger partial charge in [0.15, 0.2) is 0 Å². The molecule has 4 nitrogen and oxygen atoms in total. The van der Waals surface area contributed by atoms with Crippen molar-refractivity contribution < 1.29 is 13.9 Å². The maximum Gasteiger partial charge on any atom is 0.312 e. The van der Waals surface area contributed by atoms with Gasteiger partial charge in [-0.25, -0.2) is 4.39 Å². The zero-order valence-electron chi connectivity index (χ0n) is 11.0. The summed E-state index contributed by atoms with van der Waals surface area (Å²) in [6.45, 7) is 0. The molecule has 0 N–H and O–H groups in total.